The number of hydrogen-bond donors (Lipinski definition) is 1. The first-order valence-corrected chi connectivity index (χ1v) is 6.52. The highest BCUT2D eigenvalue weighted by molar-refractivity contribution is 5.45. The Balaban J connectivity index is 2.01. The summed E-state index contributed by atoms with van der Waals surface area (Å²) in [6, 6.07) is 0. The van der Waals surface area contributed by atoms with Crippen LogP contribution in [0.3, 0.4) is 0 Å². The fourth-order valence-corrected chi connectivity index (χ4v) is 2.12. The zero-order chi connectivity index (χ0) is 11.4. The molecule has 1 aromatic heterocycles. The van der Waals surface area contributed by atoms with Gasteiger partial charge in [-0.3, -0.25) is 0 Å². The molecule has 1 atom stereocenters. The van der Waals surface area contributed by atoms with Gasteiger partial charge in [0, 0.05) is 18.5 Å². The summed E-state index contributed by atoms with van der Waals surface area (Å²) in [4.78, 5) is 0. The van der Waals surface area contributed by atoms with Gasteiger partial charge in [-0.2, -0.15) is 0 Å². The topological polar surface area (TPSA) is 38.1 Å². The van der Waals surface area contributed by atoms with Gasteiger partial charge in [-0.15, -0.1) is 0 Å². The molecule has 0 saturated carbocycles. The van der Waals surface area contributed by atoms with Crippen molar-refractivity contribution in [2.75, 3.05) is 11.9 Å². The average Bonchev–Trinajstić information content (AvgIpc) is 2.54. The number of nitrogens with zero attached hydrogens (tertiary/aromatic N) is 1. The molecule has 1 N–H and O–H groups in total. The molecule has 16 heavy (non-hydrogen) atoms. The molecular formula is C13H22N2O. The van der Waals surface area contributed by atoms with Crippen molar-refractivity contribution in [3.63, 3.8) is 0 Å². The fraction of sp³-hybridized carbons (Fsp3) is 0.769. The summed E-state index contributed by atoms with van der Waals surface area (Å²) >= 11 is 0. The molecule has 0 fully saturated rings. The largest absolute Gasteiger partial charge is 0.367 e. The van der Waals surface area contributed by atoms with Crippen LogP contribution in [0.25, 0.3) is 0 Å². The molecule has 0 bridgehead atoms. The third-order valence-electron chi connectivity index (χ3n) is 3.52. The molecule has 0 spiro atoms. The first-order valence-electron chi connectivity index (χ1n) is 6.52. The first kappa shape index (κ1) is 11.5. The van der Waals surface area contributed by atoms with Gasteiger partial charge < -0.3 is 9.84 Å². The predicted octanol–water partition coefficient (Wildman–Crippen LogP) is 3.40. The minimum atomic E-state index is 0.693. The predicted molar refractivity (Wildman–Crippen MR) is 65.7 cm³/mol. The second-order valence-electron chi connectivity index (χ2n) is 4.89. The van der Waals surface area contributed by atoms with E-state index in [-0.39, 0.29) is 0 Å². The number of hydrogen-bond acceptors (Lipinski definition) is 3. The van der Waals surface area contributed by atoms with Gasteiger partial charge in [0.1, 0.15) is 5.76 Å². The van der Waals surface area contributed by atoms with E-state index in [4.69, 9.17) is 4.52 Å². The molecule has 0 aliphatic heterocycles. The Morgan fingerprint density at radius 1 is 1.31 bits per heavy atom. The molecule has 1 unspecified atom stereocenters. The summed E-state index contributed by atoms with van der Waals surface area (Å²) < 4.78 is 5.42. The Kier molecular flexibility index (Phi) is 3.86. The van der Waals surface area contributed by atoms with E-state index in [9.17, 15) is 0 Å². The van der Waals surface area contributed by atoms with Crippen LogP contribution in [0.15, 0.2) is 4.52 Å². The van der Waals surface area contributed by atoms with E-state index in [0.717, 1.165) is 31.0 Å². The molecular weight excluding hydrogens is 200 g/mol. The number of fused-ring (bicyclic) bond motifs is 1. The van der Waals surface area contributed by atoms with Gasteiger partial charge in [-0.1, -0.05) is 31.8 Å². The standard InChI is InChI=1S/C13H22N2O/c1-3-10(2)9-14-13-11-7-5-4-6-8-12(11)16-15-13/h10H,3-9H2,1-2H3,(H,14,15). The van der Waals surface area contributed by atoms with Crippen molar-refractivity contribution < 1.29 is 4.52 Å². The Hall–Kier alpha value is -0.990. The second-order valence-corrected chi connectivity index (χ2v) is 4.89. The van der Waals surface area contributed by atoms with Crippen LogP contribution in [-0.4, -0.2) is 11.7 Å². The summed E-state index contributed by atoms with van der Waals surface area (Å²) in [6.45, 7) is 5.47. The van der Waals surface area contributed by atoms with Gasteiger partial charge in [0.2, 0.25) is 0 Å². The lowest BCUT2D eigenvalue weighted by atomic mass is 10.1. The number of rotatable bonds is 4. The number of anilines is 1. The number of nitrogens with one attached hydrogen (secondary N) is 1. The van der Waals surface area contributed by atoms with Crippen molar-refractivity contribution in [3.05, 3.63) is 11.3 Å². The third-order valence-corrected chi connectivity index (χ3v) is 3.52. The lowest BCUT2D eigenvalue weighted by Gasteiger charge is -2.09. The Morgan fingerprint density at radius 3 is 2.94 bits per heavy atom. The van der Waals surface area contributed by atoms with Crippen molar-refractivity contribution in [1.82, 2.24) is 5.16 Å². The highest BCUT2D eigenvalue weighted by Gasteiger charge is 2.18. The molecule has 0 aromatic carbocycles. The van der Waals surface area contributed by atoms with Crippen molar-refractivity contribution in [2.45, 2.75) is 52.4 Å². The van der Waals surface area contributed by atoms with E-state index in [2.05, 4.69) is 24.3 Å². The monoisotopic (exact) mass is 222 g/mol. The Morgan fingerprint density at radius 2 is 2.12 bits per heavy atom. The van der Waals surface area contributed by atoms with Crippen molar-refractivity contribution in [1.29, 1.82) is 0 Å². The molecule has 1 aliphatic carbocycles. The van der Waals surface area contributed by atoms with E-state index in [1.807, 2.05) is 0 Å². The minimum Gasteiger partial charge on any atom is -0.367 e. The van der Waals surface area contributed by atoms with E-state index >= 15 is 0 Å². The molecule has 90 valence electrons. The third kappa shape index (κ3) is 2.57. The highest BCUT2D eigenvalue weighted by Crippen LogP contribution is 2.26. The quantitative estimate of drug-likeness (QED) is 0.793. The summed E-state index contributed by atoms with van der Waals surface area (Å²) in [6.07, 6.45) is 7.22. The molecule has 3 nitrogen and oxygen atoms in total. The Bertz CT molecular complexity index is 333. The van der Waals surface area contributed by atoms with Crippen molar-refractivity contribution in [3.8, 4) is 0 Å². The summed E-state index contributed by atoms with van der Waals surface area (Å²) in [5.41, 5.74) is 1.33. The zero-order valence-electron chi connectivity index (χ0n) is 10.4. The Labute approximate surface area is 97.6 Å². The van der Waals surface area contributed by atoms with Crippen LogP contribution in [-0.2, 0) is 12.8 Å². The van der Waals surface area contributed by atoms with Crippen LogP contribution in [0.1, 0.15) is 50.9 Å². The molecule has 0 radical (unpaired) electrons. The summed E-state index contributed by atoms with van der Waals surface area (Å²) in [5, 5.41) is 7.59. The van der Waals surface area contributed by atoms with E-state index < -0.39 is 0 Å². The molecule has 1 heterocycles. The van der Waals surface area contributed by atoms with Crippen LogP contribution >= 0.6 is 0 Å². The van der Waals surface area contributed by atoms with E-state index in [0.29, 0.717) is 5.92 Å². The lowest BCUT2D eigenvalue weighted by Crippen LogP contribution is -2.11. The van der Waals surface area contributed by atoms with Gasteiger partial charge in [0.15, 0.2) is 5.82 Å². The number of aromatic nitrogens is 1. The molecule has 1 aromatic rings. The van der Waals surface area contributed by atoms with Gasteiger partial charge in [-0.25, -0.2) is 0 Å². The maximum Gasteiger partial charge on any atom is 0.172 e. The van der Waals surface area contributed by atoms with E-state index in [1.165, 1.54) is 31.2 Å². The van der Waals surface area contributed by atoms with Crippen molar-refractivity contribution in [2.24, 2.45) is 5.92 Å². The van der Waals surface area contributed by atoms with Crippen LogP contribution in [0.4, 0.5) is 5.82 Å². The van der Waals surface area contributed by atoms with Gasteiger partial charge in [0.25, 0.3) is 0 Å². The molecule has 3 heteroatoms. The highest BCUT2D eigenvalue weighted by atomic mass is 16.5. The minimum absolute atomic E-state index is 0.693. The van der Waals surface area contributed by atoms with Crippen LogP contribution in [0, 0.1) is 5.92 Å². The molecule has 2 rings (SSSR count). The maximum absolute atomic E-state index is 5.42. The maximum atomic E-state index is 5.42. The van der Waals surface area contributed by atoms with Crippen LogP contribution in [0.5, 0.6) is 0 Å². The van der Waals surface area contributed by atoms with Crippen LogP contribution in [0.2, 0.25) is 0 Å². The zero-order valence-corrected chi connectivity index (χ0v) is 10.4. The SMILES string of the molecule is CCC(C)CNc1noc2c1CCCCC2. The summed E-state index contributed by atoms with van der Waals surface area (Å²) in [7, 11) is 0. The first-order chi connectivity index (χ1) is 7.81. The van der Waals surface area contributed by atoms with E-state index in [1.54, 1.807) is 0 Å². The van der Waals surface area contributed by atoms with Gasteiger partial charge in [-0.05, 0) is 25.2 Å². The average molecular weight is 222 g/mol. The van der Waals surface area contributed by atoms with Gasteiger partial charge >= 0.3 is 0 Å². The normalized spacial score (nSPS) is 17.6. The fourth-order valence-electron chi connectivity index (χ4n) is 2.12. The second kappa shape index (κ2) is 5.37. The lowest BCUT2D eigenvalue weighted by molar-refractivity contribution is 0.382. The smallest absolute Gasteiger partial charge is 0.172 e. The van der Waals surface area contributed by atoms with Crippen LogP contribution < -0.4 is 5.32 Å². The van der Waals surface area contributed by atoms with Crippen molar-refractivity contribution >= 4 is 5.82 Å². The molecule has 0 saturated heterocycles. The number of aryl methyl sites for hydroxylation is 1. The molecule has 1 aliphatic rings. The molecule has 0 amide bonds. The summed E-state index contributed by atoms with van der Waals surface area (Å²) in [5.74, 6) is 2.81. The van der Waals surface area contributed by atoms with Gasteiger partial charge in [0.05, 0.1) is 0 Å².